The highest BCUT2D eigenvalue weighted by atomic mass is 16.5. The molecule has 0 bridgehead atoms. The number of rotatable bonds is 8. The Morgan fingerprint density at radius 1 is 1.61 bits per heavy atom. The van der Waals surface area contributed by atoms with Gasteiger partial charge in [0.2, 0.25) is 0 Å². The molecule has 0 amide bonds. The summed E-state index contributed by atoms with van der Waals surface area (Å²) in [4.78, 5) is 15.3. The van der Waals surface area contributed by atoms with Gasteiger partial charge < -0.3 is 19.2 Å². The van der Waals surface area contributed by atoms with Gasteiger partial charge in [0.05, 0.1) is 13.2 Å². The molecule has 0 aromatic carbocycles. The Kier molecular flexibility index (Phi) is 4.58. The number of oxazole rings is 1. The minimum absolute atomic E-state index is 0.179. The van der Waals surface area contributed by atoms with Crippen LogP contribution in [0.1, 0.15) is 30.3 Å². The molecule has 6 heteroatoms. The van der Waals surface area contributed by atoms with E-state index in [9.17, 15) is 4.79 Å². The predicted octanol–water partition coefficient (Wildman–Crippen LogP) is 1.69. The van der Waals surface area contributed by atoms with Gasteiger partial charge in [0, 0.05) is 13.2 Å². The van der Waals surface area contributed by atoms with Crippen LogP contribution in [0.15, 0.2) is 10.7 Å². The molecule has 0 saturated heterocycles. The molecule has 6 nitrogen and oxygen atoms in total. The predicted molar refractivity (Wildman–Crippen MR) is 64.5 cm³/mol. The Hall–Kier alpha value is -1.56. The number of aromatic nitrogens is 1. The summed E-state index contributed by atoms with van der Waals surface area (Å²) in [6.45, 7) is 4.11. The van der Waals surface area contributed by atoms with Gasteiger partial charge in [-0.2, -0.15) is 4.98 Å². The van der Waals surface area contributed by atoms with Crippen LogP contribution in [0.3, 0.4) is 0 Å². The van der Waals surface area contributed by atoms with Gasteiger partial charge in [0.25, 0.3) is 6.01 Å². The van der Waals surface area contributed by atoms with Gasteiger partial charge in [-0.3, -0.25) is 0 Å². The standard InChI is InChI=1S/C12H18N2O4/c1-2-17-11(15)10-8-18-12(14-10)13-5-6-16-7-9-3-4-9/h8-9H,2-7H2,1H3,(H,13,14). The number of ether oxygens (including phenoxy) is 2. The van der Waals surface area contributed by atoms with Gasteiger partial charge in [-0.1, -0.05) is 0 Å². The highest BCUT2D eigenvalue weighted by Crippen LogP contribution is 2.28. The normalized spacial score (nSPS) is 14.5. The second kappa shape index (κ2) is 6.39. The summed E-state index contributed by atoms with van der Waals surface area (Å²) in [5, 5.41) is 2.95. The average Bonchev–Trinajstić information content (AvgIpc) is 3.06. The maximum Gasteiger partial charge on any atom is 0.360 e. The lowest BCUT2D eigenvalue weighted by Gasteiger charge is -2.02. The van der Waals surface area contributed by atoms with E-state index in [1.165, 1.54) is 19.1 Å². The summed E-state index contributed by atoms with van der Waals surface area (Å²) in [7, 11) is 0. The molecular formula is C12H18N2O4. The van der Waals surface area contributed by atoms with Gasteiger partial charge >= 0.3 is 5.97 Å². The van der Waals surface area contributed by atoms with E-state index < -0.39 is 5.97 Å². The molecule has 1 aromatic heterocycles. The van der Waals surface area contributed by atoms with Crippen molar-refractivity contribution in [2.24, 2.45) is 5.92 Å². The Bertz CT molecular complexity index is 387. The highest BCUT2D eigenvalue weighted by molar-refractivity contribution is 5.87. The first-order chi connectivity index (χ1) is 8.79. The van der Waals surface area contributed by atoms with Crippen molar-refractivity contribution >= 4 is 12.0 Å². The van der Waals surface area contributed by atoms with Gasteiger partial charge in [0.15, 0.2) is 5.69 Å². The molecule has 100 valence electrons. The number of carbonyl (C=O) groups excluding carboxylic acids is 1. The minimum atomic E-state index is -0.473. The monoisotopic (exact) mass is 254 g/mol. The minimum Gasteiger partial charge on any atom is -0.461 e. The van der Waals surface area contributed by atoms with Crippen molar-refractivity contribution in [1.29, 1.82) is 0 Å². The zero-order valence-electron chi connectivity index (χ0n) is 10.5. The fourth-order valence-corrected chi connectivity index (χ4v) is 1.42. The largest absolute Gasteiger partial charge is 0.461 e. The second-order valence-corrected chi connectivity index (χ2v) is 4.20. The van der Waals surface area contributed by atoms with Crippen LogP contribution < -0.4 is 5.32 Å². The molecule has 1 aromatic rings. The second-order valence-electron chi connectivity index (χ2n) is 4.20. The maximum absolute atomic E-state index is 11.3. The number of anilines is 1. The van der Waals surface area contributed by atoms with E-state index in [1.807, 2.05) is 0 Å². The smallest absolute Gasteiger partial charge is 0.360 e. The first-order valence-corrected chi connectivity index (χ1v) is 6.24. The van der Waals surface area contributed by atoms with Crippen LogP contribution in [0.25, 0.3) is 0 Å². The van der Waals surface area contributed by atoms with E-state index in [0.717, 1.165) is 12.5 Å². The third kappa shape index (κ3) is 4.03. The van der Waals surface area contributed by atoms with Crippen LogP contribution >= 0.6 is 0 Å². The molecule has 1 aliphatic carbocycles. The van der Waals surface area contributed by atoms with Crippen molar-refractivity contribution in [2.45, 2.75) is 19.8 Å². The molecule has 1 saturated carbocycles. The fraction of sp³-hybridized carbons (Fsp3) is 0.667. The van der Waals surface area contributed by atoms with Crippen LogP contribution in [-0.2, 0) is 9.47 Å². The van der Waals surface area contributed by atoms with Crippen molar-refractivity contribution in [1.82, 2.24) is 4.98 Å². The SMILES string of the molecule is CCOC(=O)c1coc(NCCOCC2CC2)n1. The quantitative estimate of drug-likeness (QED) is 0.562. The lowest BCUT2D eigenvalue weighted by atomic mass is 10.5. The van der Waals surface area contributed by atoms with E-state index >= 15 is 0 Å². The van der Waals surface area contributed by atoms with E-state index in [-0.39, 0.29) is 5.69 Å². The van der Waals surface area contributed by atoms with Crippen molar-refractivity contribution < 1.29 is 18.7 Å². The van der Waals surface area contributed by atoms with Gasteiger partial charge in [-0.25, -0.2) is 4.79 Å². The molecule has 1 N–H and O–H groups in total. The van der Waals surface area contributed by atoms with Crippen LogP contribution in [0.5, 0.6) is 0 Å². The van der Waals surface area contributed by atoms with E-state index in [0.29, 0.717) is 25.8 Å². The third-order valence-corrected chi connectivity index (χ3v) is 2.56. The molecule has 0 spiro atoms. The molecule has 2 rings (SSSR count). The zero-order valence-corrected chi connectivity index (χ0v) is 10.5. The van der Waals surface area contributed by atoms with E-state index in [1.54, 1.807) is 6.92 Å². The van der Waals surface area contributed by atoms with Crippen molar-refractivity contribution in [3.05, 3.63) is 12.0 Å². The lowest BCUT2D eigenvalue weighted by molar-refractivity contribution is 0.0519. The fourth-order valence-electron chi connectivity index (χ4n) is 1.42. The van der Waals surface area contributed by atoms with E-state index in [2.05, 4.69) is 10.3 Å². The lowest BCUT2D eigenvalue weighted by Crippen LogP contribution is -2.11. The number of carbonyl (C=O) groups is 1. The topological polar surface area (TPSA) is 73.6 Å². The van der Waals surface area contributed by atoms with Crippen LogP contribution in [0, 0.1) is 5.92 Å². The number of nitrogens with zero attached hydrogens (tertiary/aromatic N) is 1. The number of hydrogen-bond acceptors (Lipinski definition) is 6. The molecule has 0 radical (unpaired) electrons. The Balaban J connectivity index is 1.64. The van der Waals surface area contributed by atoms with Gasteiger partial charge in [0.1, 0.15) is 6.26 Å². The van der Waals surface area contributed by atoms with E-state index in [4.69, 9.17) is 13.9 Å². The molecular weight excluding hydrogens is 236 g/mol. The summed E-state index contributed by atoms with van der Waals surface area (Å²) >= 11 is 0. The molecule has 1 heterocycles. The Labute approximate surface area is 106 Å². The number of hydrogen-bond donors (Lipinski definition) is 1. The van der Waals surface area contributed by atoms with Crippen LogP contribution in [-0.4, -0.2) is 37.3 Å². The van der Waals surface area contributed by atoms with Gasteiger partial charge in [-0.05, 0) is 25.7 Å². The van der Waals surface area contributed by atoms with Crippen molar-refractivity contribution in [2.75, 3.05) is 31.7 Å². The maximum atomic E-state index is 11.3. The van der Waals surface area contributed by atoms with Gasteiger partial charge in [-0.15, -0.1) is 0 Å². The van der Waals surface area contributed by atoms with Crippen LogP contribution in [0.2, 0.25) is 0 Å². The Morgan fingerprint density at radius 3 is 3.17 bits per heavy atom. The Morgan fingerprint density at radius 2 is 2.44 bits per heavy atom. The first-order valence-electron chi connectivity index (χ1n) is 6.24. The van der Waals surface area contributed by atoms with Crippen LogP contribution in [0.4, 0.5) is 6.01 Å². The highest BCUT2D eigenvalue weighted by Gasteiger charge is 2.20. The first kappa shape index (κ1) is 12.9. The molecule has 0 aliphatic heterocycles. The van der Waals surface area contributed by atoms with Crippen molar-refractivity contribution in [3.63, 3.8) is 0 Å². The van der Waals surface area contributed by atoms with Crippen molar-refractivity contribution in [3.8, 4) is 0 Å². The molecule has 0 unspecified atom stereocenters. The number of esters is 1. The molecule has 0 atom stereocenters. The average molecular weight is 254 g/mol. The summed E-state index contributed by atoms with van der Waals surface area (Å²) in [5.41, 5.74) is 0.179. The molecule has 1 aliphatic rings. The third-order valence-electron chi connectivity index (χ3n) is 2.56. The zero-order chi connectivity index (χ0) is 12.8. The molecule has 18 heavy (non-hydrogen) atoms. The summed E-state index contributed by atoms with van der Waals surface area (Å²) in [5.74, 6) is 0.293. The summed E-state index contributed by atoms with van der Waals surface area (Å²) < 4.78 is 15.3. The molecule has 1 fully saturated rings. The number of nitrogens with one attached hydrogen (secondary N) is 1. The summed E-state index contributed by atoms with van der Waals surface area (Å²) in [6, 6.07) is 0.313. The summed E-state index contributed by atoms with van der Waals surface area (Å²) in [6.07, 6.45) is 3.86.